The van der Waals surface area contributed by atoms with Gasteiger partial charge < -0.3 is 5.32 Å². The standard InChI is InChI=1S/C11H16Cl2N2O2S/c1-10(2)8(16)15(9(17)14-10)3-4-18-6-7-5-11(7,12)13/h7H,3-6H2,1-2H3,(H,14,17)/t7-/m0/s1. The second-order valence-corrected chi connectivity index (χ2v) is 7.94. The lowest BCUT2D eigenvalue weighted by Crippen LogP contribution is -2.40. The van der Waals surface area contributed by atoms with Crippen molar-refractivity contribution in [2.75, 3.05) is 18.1 Å². The van der Waals surface area contributed by atoms with Gasteiger partial charge in [0, 0.05) is 18.2 Å². The summed E-state index contributed by atoms with van der Waals surface area (Å²) in [4.78, 5) is 24.7. The van der Waals surface area contributed by atoms with Crippen LogP contribution < -0.4 is 5.32 Å². The molecule has 18 heavy (non-hydrogen) atoms. The van der Waals surface area contributed by atoms with Crippen molar-refractivity contribution in [1.82, 2.24) is 10.2 Å². The molecule has 4 nitrogen and oxygen atoms in total. The Hall–Kier alpha value is -0.130. The number of hydrogen-bond donors (Lipinski definition) is 1. The highest BCUT2D eigenvalue weighted by molar-refractivity contribution is 7.99. The van der Waals surface area contributed by atoms with Gasteiger partial charge in [0.05, 0.1) is 0 Å². The normalized spacial score (nSPS) is 28.4. The molecule has 2 rings (SSSR count). The first-order valence-corrected chi connectivity index (χ1v) is 7.75. The van der Waals surface area contributed by atoms with Crippen molar-refractivity contribution in [3.05, 3.63) is 0 Å². The highest BCUT2D eigenvalue weighted by Gasteiger charge is 2.51. The Balaban J connectivity index is 1.71. The number of rotatable bonds is 5. The van der Waals surface area contributed by atoms with E-state index in [0.717, 1.165) is 17.9 Å². The largest absolute Gasteiger partial charge is 0.325 e. The smallest absolute Gasteiger partial charge is 0.324 e. The summed E-state index contributed by atoms with van der Waals surface area (Å²) in [6.07, 6.45) is 0.833. The lowest BCUT2D eigenvalue weighted by molar-refractivity contribution is -0.130. The summed E-state index contributed by atoms with van der Waals surface area (Å²) in [5.74, 6) is 1.77. The number of halogens is 2. The van der Waals surface area contributed by atoms with Crippen LogP contribution in [-0.2, 0) is 4.79 Å². The lowest BCUT2D eigenvalue weighted by atomic mass is 10.1. The van der Waals surface area contributed by atoms with Gasteiger partial charge >= 0.3 is 6.03 Å². The number of nitrogens with zero attached hydrogens (tertiary/aromatic N) is 1. The van der Waals surface area contributed by atoms with Gasteiger partial charge in [0.2, 0.25) is 0 Å². The summed E-state index contributed by atoms with van der Waals surface area (Å²) in [6, 6.07) is -0.305. The number of thioether (sulfide) groups is 1. The first-order chi connectivity index (χ1) is 8.24. The van der Waals surface area contributed by atoms with Gasteiger partial charge in [-0.25, -0.2) is 4.79 Å². The summed E-state index contributed by atoms with van der Waals surface area (Å²) in [5.41, 5.74) is -0.778. The van der Waals surface area contributed by atoms with Crippen molar-refractivity contribution in [3.63, 3.8) is 0 Å². The van der Waals surface area contributed by atoms with Gasteiger partial charge in [-0.15, -0.1) is 23.2 Å². The van der Waals surface area contributed by atoms with Crippen molar-refractivity contribution in [1.29, 1.82) is 0 Å². The molecule has 2 aliphatic rings. The van der Waals surface area contributed by atoms with E-state index >= 15 is 0 Å². The second-order valence-electron chi connectivity index (χ2n) is 5.25. The van der Waals surface area contributed by atoms with Gasteiger partial charge in [-0.1, -0.05) is 0 Å². The van der Waals surface area contributed by atoms with Crippen molar-refractivity contribution < 1.29 is 9.59 Å². The van der Waals surface area contributed by atoms with E-state index < -0.39 is 9.87 Å². The molecule has 1 saturated heterocycles. The van der Waals surface area contributed by atoms with Crippen LogP contribution in [0.2, 0.25) is 0 Å². The SMILES string of the molecule is CC1(C)NC(=O)N(CCSC[C@@H]2CC2(Cl)Cl)C1=O. The third-order valence-electron chi connectivity index (χ3n) is 3.18. The van der Waals surface area contributed by atoms with Gasteiger partial charge in [-0.2, -0.15) is 11.8 Å². The van der Waals surface area contributed by atoms with Gasteiger partial charge in [-0.05, 0) is 26.0 Å². The Kier molecular flexibility index (Phi) is 3.78. The number of carbonyl (C=O) groups is 2. The van der Waals surface area contributed by atoms with Gasteiger partial charge in [0.15, 0.2) is 0 Å². The summed E-state index contributed by atoms with van der Waals surface area (Å²) < 4.78 is -0.546. The molecule has 0 bridgehead atoms. The van der Waals surface area contributed by atoms with Crippen molar-refractivity contribution in [2.45, 2.75) is 30.1 Å². The molecule has 0 spiro atoms. The third kappa shape index (κ3) is 2.89. The summed E-state index contributed by atoms with van der Waals surface area (Å²) in [6.45, 7) is 3.85. The van der Waals surface area contributed by atoms with Crippen LogP contribution >= 0.6 is 35.0 Å². The molecular weight excluding hydrogens is 295 g/mol. The zero-order chi connectivity index (χ0) is 13.6. The van der Waals surface area contributed by atoms with Crippen molar-refractivity contribution in [3.8, 4) is 0 Å². The highest BCUT2D eigenvalue weighted by Crippen LogP contribution is 2.54. The molecule has 1 N–H and O–H groups in total. The fourth-order valence-electron chi connectivity index (χ4n) is 1.85. The molecule has 102 valence electrons. The maximum absolute atomic E-state index is 11.9. The van der Waals surface area contributed by atoms with Gasteiger partial charge in [0.25, 0.3) is 5.91 Å². The summed E-state index contributed by atoms with van der Waals surface area (Å²) in [7, 11) is 0. The Morgan fingerprint density at radius 1 is 1.44 bits per heavy atom. The fourth-order valence-corrected chi connectivity index (χ4v) is 3.73. The second kappa shape index (κ2) is 4.76. The number of urea groups is 1. The maximum atomic E-state index is 11.9. The fraction of sp³-hybridized carbons (Fsp3) is 0.818. The number of amides is 3. The molecule has 1 heterocycles. The average molecular weight is 311 g/mol. The molecule has 0 aromatic carbocycles. The quantitative estimate of drug-likeness (QED) is 0.481. The molecule has 1 aliphatic heterocycles. The Bertz CT molecular complexity index is 387. The van der Waals surface area contributed by atoms with Crippen LogP contribution in [0.5, 0.6) is 0 Å². The monoisotopic (exact) mass is 310 g/mol. The molecule has 0 aromatic rings. The van der Waals surface area contributed by atoms with Crippen LogP contribution in [0, 0.1) is 5.92 Å². The minimum absolute atomic E-state index is 0.163. The van der Waals surface area contributed by atoms with Crippen LogP contribution in [0.15, 0.2) is 0 Å². The van der Waals surface area contributed by atoms with E-state index in [4.69, 9.17) is 23.2 Å². The van der Waals surface area contributed by atoms with Gasteiger partial charge in [0.1, 0.15) is 9.87 Å². The number of carbonyl (C=O) groups excluding carboxylic acids is 2. The molecule has 0 aromatic heterocycles. The van der Waals surface area contributed by atoms with Crippen LogP contribution in [-0.4, -0.2) is 44.8 Å². The first-order valence-electron chi connectivity index (χ1n) is 5.84. The van der Waals surface area contributed by atoms with Crippen LogP contribution in [0.25, 0.3) is 0 Å². The molecule has 0 radical (unpaired) electrons. The summed E-state index contributed by atoms with van der Waals surface area (Å²) in [5, 5.41) is 2.65. The van der Waals surface area contributed by atoms with Crippen molar-refractivity contribution >= 4 is 46.9 Å². The van der Waals surface area contributed by atoms with Crippen LogP contribution in [0.4, 0.5) is 4.79 Å². The Labute approximate surface area is 121 Å². The zero-order valence-corrected chi connectivity index (χ0v) is 12.7. The Morgan fingerprint density at radius 3 is 2.50 bits per heavy atom. The third-order valence-corrected chi connectivity index (χ3v) is 5.21. The van der Waals surface area contributed by atoms with E-state index in [1.165, 1.54) is 4.90 Å². The summed E-state index contributed by atoms with van der Waals surface area (Å²) >= 11 is 13.5. The zero-order valence-electron chi connectivity index (χ0n) is 10.3. The number of hydrogen-bond acceptors (Lipinski definition) is 3. The number of nitrogens with one attached hydrogen (secondary N) is 1. The van der Waals surface area contributed by atoms with E-state index in [-0.39, 0.29) is 11.9 Å². The predicted molar refractivity (Wildman–Crippen MR) is 74.2 cm³/mol. The highest BCUT2D eigenvalue weighted by atomic mass is 35.5. The van der Waals surface area contributed by atoms with E-state index in [1.807, 2.05) is 0 Å². The number of imide groups is 1. The number of alkyl halides is 2. The molecule has 2 fully saturated rings. The molecule has 7 heteroatoms. The Morgan fingerprint density at radius 2 is 2.06 bits per heavy atom. The topological polar surface area (TPSA) is 49.4 Å². The molecular formula is C11H16Cl2N2O2S. The molecule has 0 unspecified atom stereocenters. The van der Waals surface area contributed by atoms with E-state index in [0.29, 0.717) is 12.5 Å². The lowest BCUT2D eigenvalue weighted by Gasteiger charge is -2.15. The van der Waals surface area contributed by atoms with E-state index in [2.05, 4.69) is 5.32 Å². The average Bonchev–Trinajstić information content (AvgIpc) is 2.78. The first kappa shape index (κ1) is 14.3. The minimum atomic E-state index is -0.778. The van der Waals surface area contributed by atoms with Crippen LogP contribution in [0.3, 0.4) is 0 Å². The minimum Gasteiger partial charge on any atom is -0.324 e. The molecule has 1 atom stereocenters. The van der Waals surface area contributed by atoms with E-state index in [1.54, 1.807) is 25.6 Å². The molecule has 1 saturated carbocycles. The van der Waals surface area contributed by atoms with Gasteiger partial charge in [-0.3, -0.25) is 9.69 Å². The van der Waals surface area contributed by atoms with E-state index in [9.17, 15) is 9.59 Å². The molecule has 3 amide bonds. The van der Waals surface area contributed by atoms with Crippen LogP contribution in [0.1, 0.15) is 20.3 Å². The molecule has 1 aliphatic carbocycles. The maximum Gasteiger partial charge on any atom is 0.325 e. The predicted octanol–water partition coefficient (Wildman–Crippen LogP) is 2.24. The van der Waals surface area contributed by atoms with Crippen molar-refractivity contribution in [2.24, 2.45) is 5.92 Å².